The predicted octanol–water partition coefficient (Wildman–Crippen LogP) is 5.21. The van der Waals surface area contributed by atoms with Crippen LogP contribution < -0.4 is 20.2 Å². The lowest BCUT2D eigenvalue weighted by Gasteiger charge is -2.37. The Morgan fingerprint density at radius 3 is 2.22 bits per heavy atom. The number of piperazine rings is 1. The molecule has 0 spiro atoms. The van der Waals surface area contributed by atoms with Gasteiger partial charge in [-0.2, -0.15) is 10.2 Å². The van der Waals surface area contributed by atoms with Gasteiger partial charge in [-0.05, 0) is 74.4 Å². The maximum Gasteiger partial charge on any atom is 0.350 e. The number of halogens is 2. The fourth-order valence-electron chi connectivity index (χ4n) is 6.77. The van der Waals surface area contributed by atoms with Gasteiger partial charge in [0, 0.05) is 55.1 Å². The van der Waals surface area contributed by atoms with Gasteiger partial charge in [0.2, 0.25) is 0 Å². The van der Waals surface area contributed by atoms with E-state index < -0.39 is 17.2 Å². The summed E-state index contributed by atoms with van der Waals surface area (Å²) in [5, 5.41) is 8.47. The van der Waals surface area contributed by atoms with E-state index >= 15 is 0 Å². The molecule has 2 aliphatic heterocycles. The summed E-state index contributed by atoms with van der Waals surface area (Å²) in [6.07, 6.45) is 5.90. The lowest BCUT2D eigenvalue weighted by molar-refractivity contribution is -0.0206. The quantitative estimate of drug-likeness (QED) is 0.189. The number of rotatable bonds is 11. The summed E-state index contributed by atoms with van der Waals surface area (Å²) in [7, 11) is 0. The van der Waals surface area contributed by atoms with E-state index in [4.69, 9.17) is 9.47 Å². The van der Waals surface area contributed by atoms with Crippen LogP contribution in [0.3, 0.4) is 0 Å². The van der Waals surface area contributed by atoms with Crippen molar-refractivity contribution < 1.29 is 18.3 Å². The Bertz CT molecular complexity index is 1900. The summed E-state index contributed by atoms with van der Waals surface area (Å²) in [5.74, 6) is -0.529. The van der Waals surface area contributed by atoms with Crippen molar-refractivity contribution in [2.45, 2.75) is 44.9 Å². The summed E-state index contributed by atoms with van der Waals surface area (Å²) < 4.78 is 45.8. The van der Waals surface area contributed by atoms with Crippen LogP contribution in [0.5, 0.6) is 5.75 Å². The molecule has 0 amide bonds. The lowest BCUT2D eigenvalue weighted by atomic mass is 9.87. The molecule has 5 aromatic rings. The molecule has 2 aromatic heterocycles. The molecule has 13 heteroatoms. The highest BCUT2D eigenvalue weighted by atomic mass is 19.1. The Labute approximate surface area is 283 Å². The first-order valence-electron chi connectivity index (χ1n) is 16.7. The molecular weight excluding hydrogens is 630 g/mol. The van der Waals surface area contributed by atoms with Crippen molar-refractivity contribution in [2.24, 2.45) is 5.92 Å². The van der Waals surface area contributed by atoms with Gasteiger partial charge in [-0.3, -0.25) is 0 Å². The largest absolute Gasteiger partial charge is 0.493 e. The first-order valence-corrected chi connectivity index (χ1v) is 16.7. The summed E-state index contributed by atoms with van der Waals surface area (Å²) >= 11 is 0. The third-order valence-corrected chi connectivity index (χ3v) is 9.68. The highest BCUT2D eigenvalue weighted by Crippen LogP contribution is 2.42. The smallest absolute Gasteiger partial charge is 0.350 e. The number of anilines is 2. The molecular formula is C36H40F2N8O3. The number of nitrogens with zero attached hydrogens (tertiary/aromatic N) is 8. The highest BCUT2D eigenvalue weighted by Gasteiger charge is 2.44. The van der Waals surface area contributed by atoms with Crippen molar-refractivity contribution in [2.75, 3.05) is 49.2 Å². The number of benzene rings is 3. The van der Waals surface area contributed by atoms with E-state index in [9.17, 15) is 13.6 Å². The third-order valence-electron chi connectivity index (χ3n) is 9.68. The van der Waals surface area contributed by atoms with Crippen molar-refractivity contribution in [3.63, 3.8) is 0 Å². The highest BCUT2D eigenvalue weighted by molar-refractivity contribution is 5.54. The Balaban J connectivity index is 0.925. The molecule has 3 aromatic carbocycles. The fourth-order valence-corrected chi connectivity index (χ4v) is 6.77. The first-order chi connectivity index (χ1) is 23.8. The normalized spacial score (nSPS) is 20.1. The van der Waals surface area contributed by atoms with E-state index in [2.05, 4.69) is 49.2 Å². The molecule has 0 radical (unpaired) electrons. The van der Waals surface area contributed by atoms with Crippen LogP contribution in [-0.4, -0.2) is 68.5 Å². The molecule has 4 heterocycles. The number of hydrogen-bond donors (Lipinski definition) is 0. The van der Waals surface area contributed by atoms with Crippen molar-refractivity contribution >= 4 is 11.4 Å². The zero-order valence-electron chi connectivity index (χ0n) is 27.7. The zero-order chi connectivity index (χ0) is 34.0. The van der Waals surface area contributed by atoms with Crippen LogP contribution >= 0.6 is 0 Å². The van der Waals surface area contributed by atoms with E-state index in [-0.39, 0.29) is 24.2 Å². The van der Waals surface area contributed by atoms with Crippen LogP contribution in [0.2, 0.25) is 0 Å². The van der Waals surface area contributed by atoms with E-state index in [0.717, 1.165) is 61.5 Å². The Morgan fingerprint density at radius 1 is 0.918 bits per heavy atom. The molecule has 3 atom stereocenters. The maximum absolute atomic E-state index is 15.0. The topological polar surface area (TPSA) is 95.5 Å². The summed E-state index contributed by atoms with van der Waals surface area (Å²) in [6, 6.07) is 19.8. The first kappa shape index (κ1) is 32.5. The van der Waals surface area contributed by atoms with Crippen LogP contribution in [0.4, 0.5) is 20.2 Å². The molecule has 0 aliphatic carbocycles. The van der Waals surface area contributed by atoms with Gasteiger partial charge >= 0.3 is 5.69 Å². The second kappa shape index (κ2) is 13.8. The Kier molecular flexibility index (Phi) is 9.17. The van der Waals surface area contributed by atoms with Crippen LogP contribution in [0.25, 0.3) is 5.69 Å². The SMILES string of the molecule is CC[C@H](C)n1ncn(-c2ccc(N3CCN(c4ccc(OC[C@@H]5CO[C@@](Cn6cncn6)(c6ccc(F)cc6F)C5)cc4)CC3)cc2)c1=O. The third kappa shape index (κ3) is 6.80. The van der Waals surface area contributed by atoms with Crippen LogP contribution in [0.1, 0.15) is 38.3 Å². The second-order valence-electron chi connectivity index (χ2n) is 12.9. The fraction of sp³-hybridized carbons (Fsp3) is 0.389. The average Bonchev–Trinajstić information content (AvgIpc) is 3.88. The maximum atomic E-state index is 15.0. The molecule has 256 valence electrons. The zero-order valence-corrected chi connectivity index (χ0v) is 27.7. The molecule has 0 unspecified atom stereocenters. The molecule has 0 bridgehead atoms. The molecule has 2 fully saturated rings. The van der Waals surface area contributed by atoms with Gasteiger partial charge in [0.05, 0.1) is 31.5 Å². The molecule has 49 heavy (non-hydrogen) atoms. The number of hydrogen-bond acceptors (Lipinski definition) is 8. The minimum absolute atomic E-state index is 0.00165. The van der Waals surface area contributed by atoms with Gasteiger partial charge in [0.15, 0.2) is 0 Å². The lowest BCUT2D eigenvalue weighted by Crippen LogP contribution is -2.46. The van der Waals surface area contributed by atoms with Gasteiger partial charge in [-0.15, -0.1) is 0 Å². The van der Waals surface area contributed by atoms with Crippen molar-refractivity contribution in [1.82, 2.24) is 29.1 Å². The predicted molar refractivity (Wildman–Crippen MR) is 181 cm³/mol. The van der Waals surface area contributed by atoms with Crippen molar-refractivity contribution in [3.05, 3.63) is 113 Å². The van der Waals surface area contributed by atoms with E-state index in [1.807, 2.05) is 38.1 Å². The van der Waals surface area contributed by atoms with Crippen molar-refractivity contribution in [1.29, 1.82) is 0 Å². The van der Waals surface area contributed by atoms with Gasteiger partial charge < -0.3 is 19.3 Å². The van der Waals surface area contributed by atoms with Crippen LogP contribution in [0, 0.1) is 17.6 Å². The van der Waals surface area contributed by atoms with E-state index in [0.29, 0.717) is 25.2 Å². The minimum Gasteiger partial charge on any atom is -0.493 e. The number of ether oxygens (including phenoxy) is 2. The second-order valence-corrected chi connectivity index (χ2v) is 12.9. The Morgan fingerprint density at radius 2 is 1.59 bits per heavy atom. The standard InChI is InChI=1S/C36H40F2N8O3/c1-3-26(2)46-35(47)45(25-41-46)31-7-5-29(6-8-31)42-14-16-43(17-15-42)30-9-11-32(12-10-30)48-20-27-19-36(49-21-27,22-44-24-39-23-40-44)33-13-4-28(37)18-34(33)38/h4-13,18,23-27H,3,14-17,19-22H2,1-2H3/t26-,27+,36-/m0/s1. The molecule has 11 nitrogen and oxygen atoms in total. The minimum atomic E-state index is -1.01. The summed E-state index contributed by atoms with van der Waals surface area (Å²) in [6.45, 7) is 8.54. The molecule has 2 aliphatic rings. The monoisotopic (exact) mass is 670 g/mol. The van der Waals surface area contributed by atoms with Gasteiger partial charge in [0.1, 0.15) is 42.0 Å². The Hall–Kier alpha value is -5.04. The summed E-state index contributed by atoms with van der Waals surface area (Å²) in [4.78, 5) is 21.5. The van der Waals surface area contributed by atoms with E-state index in [1.54, 1.807) is 21.9 Å². The van der Waals surface area contributed by atoms with Gasteiger partial charge in [-0.25, -0.2) is 32.5 Å². The number of aromatic nitrogens is 6. The molecule has 7 rings (SSSR count). The van der Waals surface area contributed by atoms with Gasteiger partial charge in [-0.1, -0.05) is 13.0 Å². The van der Waals surface area contributed by atoms with Gasteiger partial charge in [0.25, 0.3) is 0 Å². The summed E-state index contributed by atoms with van der Waals surface area (Å²) in [5.41, 5.74) is 2.22. The van der Waals surface area contributed by atoms with Crippen molar-refractivity contribution in [3.8, 4) is 11.4 Å². The molecule has 2 saturated heterocycles. The van der Waals surface area contributed by atoms with Crippen LogP contribution in [0.15, 0.2) is 90.5 Å². The van der Waals surface area contributed by atoms with E-state index in [1.165, 1.54) is 23.1 Å². The van der Waals surface area contributed by atoms with Crippen LogP contribution in [-0.2, 0) is 16.9 Å². The average molecular weight is 671 g/mol. The molecule has 0 saturated carbocycles. The molecule has 0 N–H and O–H groups in total.